The first-order valence-corrected chi connectivity index (χ1v) is 13.6. The van der Waals surface area contributed by atoms with Crippen molar-refractivity contribution in [3.8, 4) is 5.75 Å². The SMILES string of the molecule is CC(C)OC(=O)[C@H](C)NP(=O)(OCC1OC(c2ccccc2)[C@@H]2OC(C)(C)O[C@H]12)Oc1ccccc1. The molecule has 36 heavy (non-hydrogen) atoms. The number of ether oxygens (including phenoxy) is 4. The van der Waals surface area contributed by atoms with Gasteiger partial charge in [0, 0.05) is 0 Å². The minimum atomic E-state index is -4.03. The topological polar surface area (TPSA) is 102 Å². The smallest absolute Gasteiger partial charge is 0.459 e. The summed E-state index contributed by atoms with van der Waals surface area (Å²) >= 11 is 0. The summed E-state index contributed by atoms with van der Waals surface area (Å²) in [7, 11) is -4.03. The van der Waals surface area contributed by atoms with Crippen LogP contribution < -0.4 is 9.61 Å². The number of hydrogen-bond donors (Lipinski definition) is 1. The van der Waals surface area contributed by atoms with Crippen LogP contribution >= 0.6 is 7.75 Å². The quantitative estimate of drug-likeness (QED) is 0.351. The number of carbonyl (C=O) groups excluding carboxylic acids is 1. The van der Waals surface area contributed by atoms with Gasteiger partial charge in [-0.3, -0.25) is 9.32 Å². The lowest BCUT2D eigenvalue weighted by atomic mass is 10.0. The highest BCUT2D eigenvalue weighted by Gasteiger charge is 2.56. The third kappa shape index (κ3) is 6.54. The number of hydrogen-bond acceptors (Lipinski definition) is 8. The van der Waals surface area contributed by atoms with Gasteiger partial charge >= 0.3 is 13.7 Å². The van der Waals surface area contributed by atoms with Crippen molar-refractivity contribution in [3.05, 3.63) is 66.2 Å². The van der Waals surface area contributed by atoms with E-state index in [1.54, 1.807) is 45.0 Å². The molecule has 0 amide bonds. The molecule has 9 nitrogen and oxygen atoms in total. The van der Waals surface area contributed by atoms with Crippen LogP contribution in [-0.4, -0.2) is 48.8 Å². The zero-order valence-electron chi connectivity index (χ0n) is 21.2. The molecule has 2 aliphatic rings. The second kappa shape index (κ2) is 11.0. The van der Waals surface area contributed by atoms with Crippen molar-refractivity contribution >= 4 is 13.7 Å². The lowest BCUT2D eigenvalue weighted by Gasteiger charge is -2.26. The maximum Gasteiger partial charge on any atom is 0.459 e. The fourth-order valence-corrected chi connectivity index (χ4v) is 5.74. The van der Waals surface area contributed by atoms with Crippen molar-refractivity contribution in [1.82, 2.24) is 5.09 Å². The van der Waals surface area contributed by atoms with Crippen LogP contribution in [0.1, 0.15) is 46.3 Å². The summed E-state index contributed by atoms with van der Waals surface area (Å²) in [6.07, 6.45) is -2.10. The highest BCUT2D eigenvalue weighted by Crippen LogP contribution is 2.49. The first-order valence-electron chi connectivity index (χ1n) is 12.1. The Morgan fingerprint density at radius 1 is 1.00 bits per heavy atom. The zero-order valence-corrected chi connectivity index (χ0v) is 22.1. The van der Waals surface area contributed by atoms with Crippen LogP contribution in [0.15, 0.2) is 60.7 Å². The molecular weight excluding hydrogens is 485 g/mol. The second-order valence-electron chi connectivity index (χ2n) is 9.60. The largest absolute Gasteiger partial charge is 0.462 e. The second-order valence-corrected chi connectivity index (χ2v) is 11.3. The molecule has 0 radical (unpaired) electrons. The molecule has 2 aromatic carbocycles. The van der Waals surface area contributed by atoms with Crippen molar-refractivity contribution in [3.63, 3.8) is 0 Å². The van der Waals surface area contributed by atoms with Crippen LogP contribution in [-0.2, 0) is 32.8 Å². The van der Waals surface area contributed by atoms with E-state index in [2.05, 4.69) is 5.09 Å². The van der Waals surface area contributed by atoms with Gasteiger partial charge in [0.15, 0.2) is 5.79 Å². The minimum Gasteiger partial charge on any atom is -0.462 e. The Balaban J connectivity index is 1.51. The van der Waals surface area contributed by atoms with Crippen molar-refractivity contribution in [2.24, 2.45) is 0 Å². The minimum absolute atomic E-state index is 0.118. The van der Waals surface area contributed by atoms with Gasteiger partial charge in [0.25, 0.3) is 0 Å². The van der Waals surface area contributed by atoms with E-state index in [9.17, 15) is 9.36 Å². The molecular formula is C26H34NO8P. The third-order valence-electron chi connectivity index (χ3n) is 5.71. The molecule has 2 saturated heterocycles. The van der Waals surface area contributed by atoms with Crippen LogP contribution in [0.2, 0.25) is 0 Å². The van der Waals surface area contributed by atoms with Crippen molar-refractivity contribution in [2.45, 2.75) is 77.0 Å². The Kier molecular flexibility index (Phi) is 8.19. The molecule has 2 fully saturated rings. The van der Waals surface area contributed by atoms with Crippen LogP contribution in [0.5, 0.6) is 5.75 Å². The normalized spacial score (nSPS) is 27.3. The van der Waals surface area contributed by atoms with E-state index in [0.717, 1.165) is 5.56 Å². The average molecular weight is 520 g/mol. The van der Waals surface area contributed by atoms with E-state index in [4.69, 9.17) is 28.0 Å². The molecule has 2 aromatic rings. The summed E-state index contributed by atoms with van der Waals surface area (Å²) in [4.78, 5) is 12.4. The lowest BCUT2D eigenvalue weighted by molar-refractivity contribution is -0.190. The first kappa shape index (κ1) is 26.8. The first-order chi connectivity index (χ1) is 17.1. The van der Waals surface area contributed by atoms with E-state index in [1.165, 1.54) is 0 Å². The van der Waals surface area contributed by atoms with E-state index in [-0.39, 0.29) is 24.9 Å². The van der Waals surface area contributed by atoms with Gasteiger partial charge < -0.3 is 23.5 Å². The Hall–Kier alpha value is -2.26. The predicted octanol–water partition coefficient (Wildman–Crippen LogP) is 4.78. The summed E-state index contributed by atoms with van der Waals surface area (Å²) in [5, 5.41) is 2.70. The van der Waals surface area contributed by atoms with Gasteiger partial charge in [-0.1, -0.05) is 48.5 Å². The summed E-state index contributed by atoms with van der Waals surface area (Å²) < 4.78 is 49.2. The molecule has 0 aromatic heterocycles. The summed E-state index contributed by atoms with van der Waals surface area (Å²) in [5.74, 6) is -1.05. The highest BCUT2D eigenvalue weighted by molar-refractivity contribution is 7.52. The zero-order chi connectivity index (χ0) is 25.9. The Labute approximate surface area is 211 Å². The van der Waals surface area contributed by atoms with Crippen LogP contribution in [0.3, 0.4) is 0 Å². The molecule has 6 atom stereocenters. The molecule has 0 saturated carbocycles. The molecule has 4 rings (SSSR count). The van der Waals surface area contributed by atoms with E-state index in [1.807, 2.05) is 50.2 Å². The summed E-state index contributed by atoms with van der Waals surface area (Å²) in [6, 6.07) is 17.4. The van der Waals surface area contributed by atoms with E-state index >= 15 is 0 Å². The molecule has 196 valence electrons. The average Bonchev–Trinajstić information content (AvgIpc) is 3.31. The van der Waals surface area contributed by atoms with E-state index in [0.29, 0.717) is 5.75 Å². The Morgan fingerprint density at radius 2 is 1.61 bits per heavy atom. The molecule has 1 N–H and O–H groups in total. The Bertz CT molecular complexity index is 1060. The van der Waals surface area contributed by atoms with Crippen LogP contribution in [0.25, 0.3) is 0 Å². The maximum atomic E-state index is 13.8. The highest BCUT2D eigenvalue weighted by atomic mass is 31.2. The van der Waals surface area contributed by atoms with Gasteiger partial charge in [-0.15, -0.1) is 0 Å². The van der Waals surface area contributed by atoms with Gasteiger partial charge in [0.1, 0.15) is 36.2 Å². The molecule has 0 aliphatic carbocycles. The number of benzene rings is 2. The fraction of sp³-hybridized carbons (Fsp3) is 0.500. The van der Waals surface area contributed by atoms with E-state index < -0.39 is 37.8 Å². The van der Waals surface area contributed by atoms with Crippen LogP contribution in [0.4, 0.5) is 0 Å². The number of nitrogens with one attached hydrogen (secondary N) is 1. The monoisotopic (exact) mass is 519 g/mol. The summed E-state index contributed by atoms with van der Waals surface area (Å²) in [5.41, 5.74) is 0.947. The van der Waals surface area contributed by atoms with Gasteiger partial charge in [0.2, 0.25) is 0 Å². The molecule has 3 unspecified atom stereocenters. The van der Waals surface area contributed by atoms with Crippen molar-refractivity contribution in [2.75, 3.05) is 6.61 Å². The third-order valence-corrected chi connectivity index (χ3v) is 7.36. The lowest BCUT2D eigenvalue weighted by Crippen LogP contribution is -2.38. The van der Waals surface area contributed by atoms with Gasteiger partial charge in [-0.05, 0) is 52.3 Å². The van der Waals surface area contributed by atoms with Gasteiger partial charge in [-0.25, -0.2) is 4.57 Å². The number of para-hydroxylation sites is 1. The number of carbonyl (C=O) groups is 1. The van der Waals surface area contributed by atoms with Crippen molar-refractivity contribution in [1.29, 1.82) is 0 Å². The Morgan fingerprint density at radius 3 is 2.25 bits per heavy atom. The predicted molar refractivity (Wildman–Crippen MR) is 132 cm³/mol. The maximum absolute atomic E-state index is 13.8. The molecule has 0 spiro atoms. The van der Waals surface area contributed by atoms with Gasteiger partial charge in [0.05, 0.1) is 12.7 Å². The molecule has 2 aliphatic heterocycles. The van der Waals surface area contributed by atoms with Crippen molar-refractivity contribution < 1.29 is 37.4 Å². The molecule has 0 bridgehead atoms. The fourth-order valence-electron chi connectivity index (χ4n) is 4.23. The summed E-state index contributed by atoms with van der Waals surface area (Å²) in [6.45, 7) is 8.59. The number of esters is 1. The standard InChI is InChI=1S/C26H34NO8P/c1-17(2)31-25(28)18(3)27-36(29,35-20-14-10-7-11-15-20)30-16-21-23-24(34-26(4,5)33-23)22(32-21)19-12-8-6-9-13-19/h6-15,17-18,21-24H,16H2,1-5H3,(H,27,29)/t18-,21?,22?,23+,24-,36?/m0/s1. The van der Waals surface area contributed by atoms with Crippen LogP contribution in [0, 0.1) is 0 Å². The van der Waals surface area contributed by atoms with Gasteiger partial charge in [-0.2, -0.15) is 5.09 Å². The molecule has 10 heteroatoms. The molecule has 2 heterocycles. The number of fused-ring (bicyclic) bond motifs is 1. The number of rotatable bonds is 10.